The molecule has 16 nitrogen and oxygen atoms in total. The Morgan fingerprint density at radius 1 is 0.831 bits per heavy atom. The molecule has 59 heavy (non-hydrogen) atoms. The van der Waals surface area contributed by atoms with Gasteiger partial charge in [0.2, 0.25) is 29.5 Å². The highest BCUT2D eigenvalue weighted by Gasteiger charge is 2.47. The van der Waals surface area contributed by atoms with Crippen molar-refractivity contribution in [2.24, 2.45) is 39.9 Å². The van der Waals surface area contributed by atoms with Gasteiger partial charge >= 0.3 is 12.1 Å². The quantitative estimate of drug-likeness (QED) is 0.0437. The molecule has 1 heterocycles. The molecule has 3 rings (SSSR count). The van der Waals surface area contributed by atoms with E-state index in [4.69, 9.17) is 22.9 Å². The maximum absolute atomic E-state index is 14.4. The monoisotopic (exact) mass is 836 g/mol. The summed E-state index contributed by atoms with van der Waals surface area (Å²) < 4.78 is 42.2. The third kappa shape index (κ3) is 14.9. The molecule has 0 aromatic heterocycles. The molecule has 0 spiro atoms. The van der Waals surface area contributed by atoms with E-state index in [2.05, 4.69) is 20.9 Å². The van der Waals surface area contributed by atoms with Crippen LogP contribution in [-0.2, 0) is 35.2 Å². The van der Waals surface area contributed by atoms with Crippen LogP contribution in [0, 0.1) is 17.8 Å². The number of halogens is 3. The molecule has 1 aliphatic heterocycles. The summed E-state index contributed by atoms with van der Waals surface area (Å²) in [5, 5.41) is 8.25. The predicted molar refractivity (Wildman–Crippen MR) is 217 cm³/mol. The lowest BCUT2D eigenvalue weighted by Crippen LogP contribution is -2.61. The Balaban J connectivity index is 2.00. The third-order valence-corrected chi connectivity index (χ3v) is 10.6. The summed E-state index contributed by atoms with van der Waals surface area (Å²) in [5.74, 6) is -6.97. The first-order valence-corrected chi connectivity index (χ1v) is 20.5. The molecule has 330 valence electrons. The molecule has 0 unspecified atom stereocenters. The molecule has 1 aromatic rings. The van der Waals surface area contributed by atoms with Crippen LogP contribution in [0.4, 0.5) is 18.9 Å². The van der Waals surface area contributed by atoms with E-state index < -0.39 is 90.2 Å². The number of aliphatic imine (C=N–C) groups is 1. The number of amides is 6. The number of guanidine groups is 1. The van der Waals surface area contributed by atoms with E-state index in [1.807, 2.05) is 13.8 Å². The number of primary amides is 1. The number of carbonyl (C=O) groups excluding carboxylic acids is 6. The van der Waals surface area contributed by atoms with Gasteiger partial charge in [0.15, 0.2) is 5.96 Å². The van der Waals surface area contributed by atoms with Crippen LogP contribution in [0.1, 0.15) is 97.5 Å². The molecule has 2 aliphatic rings. The van der Waals surface area contributed by atoms with Gasteiger partial charge in [-0.25, -0.2) is 0 Å². The lowest BCUT2D eigenvalue weighted by molar-refractivity contribution is -0.189. The molecule has 1 aromatic carbocycles. The minimum Gasteiger partial charge on any atom is -0.399 e. The van der Waals surface area contributed by atoms with E-state index in [1.54, 1.807) is 26.0 Å². The van der Waals surface area contributed by atoms with Gasteiger partial charge in [0.1, 0.15) is 30.2 Å². The largest absolute Gasteiger partial charge is 0.471 e. The van der Waals surface area contributed by atoms with Gasteiger partial charge in [-0.15, -0.1) is 0 Å². The van der Waals surface area contributed by atoms with Crippen LogP contribution >= 0.6 is 0 Å². The molecule has 2 fully saturated rings. The fourth-order valence-corrected chi connectivity index (χ4v) is 7.77. The molecule has 1 saturated heterocycles. The standard InChI is InChI=1S/C40H63F3N10O6/c1-23(2)20-29(37(58)52-19-9-13-30(52)33(45)54)50-34(55)28(12-8-18-48-39(46)47)49-36(57)32(26-10-6-5-7-11-26)51-35(56)31(21-25-14-16-27(44)17-15-25)53(22-24(3)4)38(59)40(41,42)43/h14-17,23-24,26,28-32H,5-13,18-22,44H2,1-4H3,(H2,45,54)(H,49,57)(H,50,55)(H,51,56)(H4,46,47,48)/t28-,29-,30-,31-,32-/m0/s1. The number of nitrogens with two attached hydrogens (primary N) is 4. The maximum Gasteiger partial charge on any atom is 0.471 e. The Labute approximate surface area is 344 Å². The predicted octanol–water partition coefficient (Wildman–Crippen LogP) is 1.84. The summed E-state index contributed by atoms with van der Waals surface area (Å²) in [6.07, 6.45) is -0.932. The highest BCUT2D eigenvalue weighted by molar-refractivity contribution is 5.97. The summed E-state index contributed by atoms with van der Waals surface area (Å²) in [6.45, 7) is 6.92. The van der Waals surface area contributed by atoms with Gasteiger partial charge in [0.25, 0.3) is 0 Å². The van der Waals surface area contributed by atoms with Gasteiger partial charge in [-0.1, -0.05) is 59.1 Å². The Bertz CT molecular complexity index is 1630. The summed E-state index contributed by atoms with van der Waals surface area (Å²) >= 11 is 0. The first-order valence-electron chi connectivity index (χ1n) is 20.5. The summed E-state index contributed by atoms with van der Waals surface area (Å²) in [4.78, 5) is 87.7. The number of rotatable bonds is 20. The highest BCUT2D eigenvalue weighted by Crippen LogP contribution is 2.28. The number of hydrogen-bond acceptors (Lipinski definition) is 8. The van der Waals surface area contributed by atoms with E-state index in [1.165, 1.54) is 17.0 Å². The van der Waals surface area contributed by atoms with Gasteiger partial charge in [0, 0.05) is 31.7 Å². The zero-order valence-corrected chi connectivity index (χ0v) is 34.6. The second-order valence-electron chi connectivity index (χ2n) is 16.5. The molecule has 1 aliphatic carbocycles. The Morgan fingerprint density at radius 2 is 1.46 bits per heavy atom. The van der Waals surface area contributed by atoms with Gasteiger partial charge < -0.3 is 48.7 Å². The topological polar surface area (TPSA) is 261 Å². The molecule has 1 saturated carbocycles. The third-order valence-electron chi connectivity index (χ3n) is 10.6. The fraction of sp³-hybridized carbons (Fsp3) is 0.675. The smallest absolute Gasteiger partial charge is 0.399 e. The van der Waals surface area contributed by atoms with Crippen molar-refractivity contribution in [3.05, 3.63) is 29.8 Å². The van der Waals surface area contributed by atoms with Crippen molar-refractivity contribution in [3.8, 4) is 0 Å². The highest BCUT2D eigenvalue weighted by atomic mass is 19.4. The lowest BCUT2D eigenvalue weighted by Gasteiger charge is -2.36. The van der Waals surface area contributed by atoms with Crippen molar-refractivity contribution in [3.63, 3.8) is 0 Å². The second-order valence-corrected chi connectivity index (χ2v) is 16.5. The first-order chi connectivity index (χ1) is 27.7. The molecule has 11 N–H and O–H groups in total. The van der Waals surface area contributed by atoms with Crippen molar-refractivity contribution in [2.45, 2.75) is 135 Å². The lowest BCUT2D eigenvalue weighted by atomic mass is 9.83. The van der Waals surface area contributed by atoms with Gasteiger partial charge in [0.05, 0.1) is 0 Å². The SMILES string of the molecule is CC(C)C[C@H](NC(=O)[C@H](CCCN=C(N)N)NC(=O)[C@@H](NC(=O)[C@H](Cc1ccc(N)cc1)N(CC(C)C)C(=O)C(F)(F)F)C1CCCCC1)C(=O)N1CCC[C@H]1C(N)=O. The summed E-state index contributed by atoms with van der Waals surface area (Å²) in [5.41, 5.74) is 23.2. The van der Waals surface area contributed by atoms with Crippen LogP contribution in [0.2, 0.25) is 0 Å². The molecule has 0 radical (unpaired) electrons. The van der Waals surface area contributed by atoms with Crippen LogP contribution < -0.4 is 38.9 Å². The fourth-order valence-electron chi connectivity index (χ4n) is 7.77. The van der Waals surface area contributed by atoms with Crippen LogP contribution in [0.25, 0.3) is 0 Å². The average molecular weight is 837 g/mol. The van der Waals surface area contributed by atoms with Crippen LogP contribution in [0.3, 0.4) is 0 Å². The van der Waals surface area contributed by atoms with Crippen molar-refractivity contribution in [1.29, 1.82) is 0 Å². The number of likely N-dealkylation sites (tertiary alicyclic amines) is 1. The molecule has 6 amide bonds. The maximum atomic E-state index is 14.4. The van der Waals surface area contributed by atoms with Gasteiger partial charge in [-0.2, -0.15) is 13.2 Å². The van der Waals surface area contributed by atoms with Crippen molar-refractivity contribution in [1.82, 2.24) is 25.8 Å². The van der Waals surface area contributed by atoms with E-state index >= 15 is 0 Å². The number of anilines is 1. The Kier molecular flexibility index (Phi) is 18.3. The van der Waals surface area contributed by atoms with Gasteiger partial charge in [-0.3, -0.25) is 33.8 Å². The summed E-state index contributed by atoms with van der Waals surface area (Å²) in [6, 6.07) is 0.00441. The van der Waals surface area contributed by atoms with Crippen molar-refractivity contribution < 1.29 is 41.9 Å². The van der Waals surface area contributed by atoms with Crippen molar-refractivity contribution >= 4 is 47.1 Å². The number of nitrogen functional groups attached to an aromatic ring is 1. The van der Waals surface area contributed by atoms with Gasteiger partial charge in [-0.05, 0) is 80.4 Å². The number of benzene rings is 1. The van der Waals surface area contributed by atoms with E-state index in [0.717, 1.165) is 19.3 Å². The number of alkyl halides is 3. The molecular weight excluding hydrogens is 773 g/mol. The zero-order chi connectivity index (χ0) is 44.0. The number of nitrogens with one attached hydrogen (secondary N) is 3. The van der Waals surface area contributed by atoms with Crippen LogP contribution in [-0.4, -0.2) is 107 Å². The molecule has 0 bridgehead atoms. The average Bonchev–Trinajstić information content (AvgIpc) is 3.66. The van der Waals surface area contributed by atoms with E-state index in [0.29, 0.717) is 41.8 Å². The second kappa shape index (κ2) is 22.3. The van der Waals surface area contributed by atoms with Crippen LogP contribution in [0.15, 0.2) is 29.3 Å². The minimum absolute atomic E-state index is 0.00207. The summed E-state index contributed by atoms with van der Waals surface area (Å²) in [7, 11) is 0. The zero-order valence-electron chi connectivity index (χ0n) is 34.6. The normalized spacial score (nSPS) is 18.1. The number of hydrogen-bond donors (Lipinski definition) is 7. The Hall–Kier alpha value is -5.10. The number of carbonyl (C=O) groups is 6. The first kappa shape index (κ1) is 48.3. The molecule has 5 atom stereocenters. The van der Waals surface area contributed by atoms with E-state index in [9.17, 15) is 41.9 Å². The van der Waals surface area contributed by atoms with Crippen molar-refractivity contribution in [2.75, 3.05) is 25.4 Å². The molecule has 19 heteroatoms. The minimum atomic E-state index is -5.29. The molecular formula is C40H63F3N10O6. The Morgan fingerprint density at radius 3 is 2.02 bits per heavy atom. The van der Waals surface area contributed by atoms with Crippen LogP contribution in [0.5, 0.6) is 0 Å². The van der Waals surface area contributed by atoms with E-state index in [-0.39, 0.29) is 50.7 Å². The number of nitrogens with zero attached hydrogens (tertiary/aromatic N) is 3.